The number of aromatic nitrogens is 4. The zero-order valence-corrected chi connectivity index (χ0v) is 17.9. The Labute approximate surface area is 186 Å². The van der Waals surface area contributed by atoms with Crippen molar-refractivity contribution >= 4 is 11.8 Å². The minimum absolute atomic E-state index is 0.426. The first-order valence-electron chi connectivity index (χ1n) is 10.2. The van der Waals surface area contributed by atoms with Crippen LogP contribution in [-0.2, 0) is 13.7 Å². The van der Waals surface area contributed by atoms with Gasteiger partial charge in [0, 0.05) is 29.9 Å². The van der Waals surface area contributed by atoms with Crippen LogP contribution in [0.25, 0.3) is 17.1 Å². The number of imidazole rings is 1. The molecule has 7 nitrogen and oxygen atoms in total. The van der Waals surface area contributed by atoms with E-state index in [1.807, 2.05) is 93.6 Å². The summed E-state index contributed by atoms with van der Waals surface area (Å²) in [4.78, 5) is 9.20. The number of ether oxygens (including phenoxy) is 1. The number of aryl methyl sites for hydroxylation is 1. The van der Waals surface area contributed by atoms with Crippen molar-refractivity contribution < 1.29 is 18.5 Å². The average molecular weight is 422 g/mol. The molecule has 0 unspecified atom stereocenters. The van der Waals surface area contributed by atoms with E-state index < -0.39 is 0 Å². The fraction of sp³-hybridized carbons (Fsp3) is 0.120. The largest absolute Gasteiger partial charge is 0.489 e. The summed E-state index contributed by atoms with van der Waals surface area (Å²) in [6, 6.07) is 21.1. The monoisotopic (exact) mass is 422 g/mol. The number of hydrogen-bond donors (Lipinski definition) is 0. The molecule has 4 aromatic rings. The van der Waals surface area contributed by atoms with Crippen LogP contribution < -0.4 is 9.30 Å². The summed E-state index contributed by atoms with van der Waals surface area (Å²) in [5.41, 5.74) is 3.06. The fourth-order valence-corrected chi connectivity index (χ4v) is 3.39. The average Bonchev–Trinajstić information content (AvgIpc) is 3.47. The third kappa shape index (κ3) is 4.24. The molecular formula is C25H22N6O+2. The predicted octanol–water partition coefficient (Wildman–Crippen LogP) is 3.08. The Morgan fingerprint density at radius 1 is 1.06 bits per heavy atom. The van der Waals surface area contributed by atoms with Gasteiger partial charge in [0.05, 0.1) is 11.8 Å². The first kappa shape index (κ1) is 19.6. The van der Waals surface area contributed by atoms with Crippen LogP contribution in [0, 0.1) is 6.33 Å². The second kappa shape index (κ2) is 8.41. The van der Waals surface area contributed by atoms with Crippen molar-refractivity contribution in [2.45, 2.75) is 6.61 Å². The van der Waals surface area contributed by atoms with E-state index in [1.54, 1.807) is 6.20 Å². The summed E-state index contributed by atoms with van der Waals surface area (Å²) in [6.07, 6.45) is 12.6. The predicted molar refractivity (Wildman–Crippen MR) is 118 cm³/mol. The lowest BCUT2D eigenvalue weighted by molar-refractivity contribution is -0.604. The molecule has 3 aromatic heterocycles. The summed E-state index contributed by atoms with van der Waals surface area (Å²) in [6.45, 7) is 0.426. The van der Waals surface area contributed by atoms with Crippen molar-refractivity contribution in [3.05, 3.63) is 97.5 Å². The van der Waals surface area contributed by atoms with Gasteiger partial charge in [-0.25, -0.2) is 0 Å². The van der Waals surface area contributed by atoms with Gasteiger partial charge >= 0.3 is 11.8 Å². The molecule has 1 aliphatic rings. The molecule has 0 aliphatic carbocycles. The van der Waals surface area contributed by atoms with Gasteiger partial charge < -0.3 is 13.9 Å². The quantitative estimate of drug-likeness (QED) is 0.354. The summed E-state index contributed by atoms with van der Waals surface area (Å²) in [5, 5.41) is 0. The number of benzene rings is 1. The molecule has 32 heavy (non-hydrogen) atoms. The molecule has 0 N–H and O–H groups in total. The molecule has 0 radical (unpaired) electrons. The molecule has 0 saturated heterocycles. The number of pyridine rings is 2. The van der Waals surface area contributed by atoms with E-state index in [9.17, 15) is 0 Å². The van der Waals surface area contributed by atoms with Crippen molar-refractivity contribution in [1.29, 1.82) is 0 Å². The normalized spacial score (nSPS) is 12.6. The molecule has 0 fully saturated rings. The molecule has 1 aromatic carbocycles. The Kier molecular flexibility index (Phi) is 5.15. The maximum absolute atomic E-state index is 6.19. The van der Waals surface area contributed by atoms with Crippen molar-refractivity contribution in [1.82, 2.24) is 14.5 Å². The van der Waals surface area contributed by atoms with Crippen LogP contribution in [0.4, 0.5) is 5.82 Å². The molecule has 1 aliphatic heterocycles. The van der Waals surface area contributed by atoms with E-state index in [4.69, 9.17) is 9.72 Å². The number of hydrogen-bond acceptors (Lipinski definition) is 3. The van der Waals surface area contributed by atoms with Crippen molar-refractivity contribution in [3.8, 4) is 22.8 Å². The summed E-state index contributed by atoms with van der Waals surface area (Å²) in [5.74, 6) is 2.14. The first-order valence-corrected chi connectivity index (χ1v) is 10.2. The van der Waals surface area contributed by atoms with Crippen LogP contribution in [0.1, 0.15) is 5.56 Å². The zero-order chi connectivity index (χ0) is 21.9. The highest BCUT2D eigenvalue weighted by atomic mass is 16.5. The molecule has 5 rings (SSSR count). The van der Waals surface area contributed by atoms with Crippen LogP contribution in [0.3, 0.4) is 0 Å². The molecule has 0 spiro atoms. The van der Waals surface area contributed by atoms with Gasteiger partial charge in [0.1, 0.15) is 19.4 Å². The number of nitrogens with zero attached hydrogens (tertiary/aromatic N) is 6. The van der Waals surface area contributed by atoms with Crippen molar-refractivity contribution in [2.24, 2.45) is 7.05 Å². The van der Waals surface area contributed by atoms with Crippen LogP contribution in [0.2, 0.25) is 0 Å². The molecule has 0 atom stereocenters. The van der Waals surface area contributed by atoms with Crippen LogP contribution in [0.15, 0.2) is 85.6 Å². The standard InChI is InChI=1S/C25H22N6O/c1-28-10-12-30(18-28)24-15-22(16-25(27-24)31-13-11-29(2)19-31)32-17-20-6-5-7-21(14-20)23-8-3-4-9-26-23/h3-16H,17H2,1-2H3/q+2. The maximum Gasteiger partial charge on any atom is 0.399 e. The lowest BCUT2D eigenvalue weighted by Gasteiger charge is -2.08. The van der Waals surface area contributed by atoms with E-state index in [0.29, 0.717) is 24.0 Å². The third-order valence-electron chi connectivity index (χ3n) is 4.97. The van der Waals surface area contributed by atoms with Gasteiger partial charge in [-0.3, -0.25) is 4.98 Å². The molecule has 0 saturated carbocycles. The maximum atomic E-state index is 6.19. The van der Waals surface area contributed by atoms with Crippen LogP contribution in [-0.4, -0.2) is 36.7 Å². The summed E-state index contributed by atoms with van der Waals surface area (Å²) < 4.78 is 13.6. The minimum Gasteiger partial charge on any atom is -0.489 e. The lowest BCUT2D eigenvalue weighted by Crippen LogP contribution is -2.30. The topological polar surface area (TPSA) is 49.8 Å². The van der Waals surface area contributed by atoms with E-state index in [1.165, 1.54) is 0 Å². The molecule has 7 heteroatoms. The highest BCUT2D eigenvalue weighted by Gasteiger charge is 2.21. The van der Waals surface area contributed by atoms with E-state index in [-0.39, 0.29) is 0 Å². The van der Waals surface area contributed by atoms with Gasteiger partial charge in [-0.2, -0.15) is 4.58 Å². The molecule has 0 bridgehead atoms. The second-order valence-electron chi connectivity index (χ2n) is 7.48. The number of rotatable bonds is 6. The fourth-order valence-electron chi connectivity index (χ4n) is 3.39. The Hall–Kier alpha value is -4.35. The molecular weight excluding hydrogens is 400 g/mol. The van der Waals surface area contributed by atoms with E-state index in [2.05, 4.69) is 35.5 Å². The molecule has 0 amide bonds. The van der Waals surface area contributed by atoms with Gasteiger partial charge in [-0.05, 0) is 36.2 Å². The zero-order valence-electron chi connectivity index (χ0n) is 17.9. The van der Waals surface area contributed by atoms with Gasteiger partial charge in [0.2, 0.25) is 0 Å². The Balaban J connectivity index is 1.45. The van der Waals surface area contributed by atoms with Gasteiger partial charge in [-0.1, -0.05) is 28.8 Å². The van der Waals surface area contributed by atoms with E-state index >= 15 is 0 Å². The van der Waals surface area contributed by atoms with Crippen LogP contribution in [0.5, 0.6) is 5.75 Å². The van der Waals surface area contributed by atoms with Crippen molar-refractivity contribution in [3.63, 3.8) is 0 Å². The van der Waals surface area contributed by atoms with Crippen molar-refractivity contribution in [2.75, 3.05) is 7.05 Å². The highest BCUT2D eigenvalue weighted by Crippen LogP contribution is 2.23. The highest BCUT2D eigenvalue weighted by molar-refractivity contribution is 5.59. The van der Waals surface area contributed by atoms with E-state index in [0.717, 1.165) is 16.8 Å². The Bertz CT molecular complexity index is 1380. The summed E-state index contributed by atoms with van der Waals surface area (Å²) >= 11 is 0. The van der Waals surface area contributed by atoms with Gasteiger partial charge in [0.15, 0.2) is 18.7 Å². The molecule has 4 heterocycles. The second-order valence-corrected chi connectivity index (χ2v) is 7.48. The Morgan fingerprint density at radius 2 is 1.97 bits per heavy atom. The Morgan fingerprint density at radius 3 is 2.72 bits per heavy atom. The van der Waals surface area contributed by atoms with Gasteiger partial charge in [0.25, 0.3) is 5.82 Å². The minimum atomic E-state index is 0.426. The van der Waals surface area contributed by atoms with Crippen LogP contribution >= 0.6 is 0 Å². The first-order chi connectivity index (χ1) is 15.6. The molecule has 156 valence electrons. The SMILES string of the molecule is Cn1[c-][n+](-c2cc(OCc3cccc(-c4ccccn4)c3)cc([N+]3=C=[N+](C)C=C3)n2)cc1. The smallest absolute Gasteiger partial charge is 0.399 e. The summed E-state index contributed by atoms with van der Waals surface area (Å²) in [7, 11) is 3.85. The lowest BCUT2D eigenvalue weighted by atomic mass is 10.1. The van der Waals surface area contributed by atoms with Gasteiger partial charge in [-0.15, -0.1) is 0 Å². The third-order valence-corrected chi connectivity index (χ3v) is 4.97.